The van der Waals surface area contributed by atoms with Crippen LogP contribution < -0.4 is 4.74 Å². The van der Waals surface area contributed by atoms with Crippen molar-refractivity contribution in [1.29, 1.82) is 0 Å². The molecular formula is C9H9F2O. The van der Waals surface area contributed by atoms with Gasteiger partial charge in [-0.1, -0.05) is 12.1 Å². The van der Waals surface area contributed by atoms with Gasteiger partial charge in [-0.05, 0) is 18.2 Å². The molecule has 0 amide bonds. The Morgan fingerprint density at radius 2 is 2.33 bits per heavy atom. The highest BCUT2D eigenvalue weighted by Crippen LogP contribution is 2.15. The fourth-order valence-electron chi connectivity index (χ4n) is 0.677. The lowest BCUT2D eigenvalue weighted by molar-refractivity contribution is -0.0229. The van der Waals surface area contributed by atoms with Crippen LogP contribution in [0.3, 0.4) is 0 Å². The first-order valence-corrected chi connectivity index (χ1v) is 3.55. The molecule has 65 valence electrons. The molecule has 3 heteroatoms. The number of benzene rings is 1. The largest absolute Gasteiger partial charge is 0.487 e. The minimum absolute atomic E-state index is 0.416. The van der Waals surface area contributed by atoms with Gasteiger partial charge >= 0.3 is 0 Å². The quantitative estimate of drug-likeness (QED) is 0.679. The van der Waals surface area contributed by atoms with Crippen LogP contribution in [0.1, 0.15) is 6.92 Å². The molecule has 0 aliphatic carbocycles. The maximum absolute atomic E-state index is 12.3. The molecule has 0 aliphatic rings. The lowest BCUT2D eigenvalue weighted by atomic mass is 10.3. The standard InChI is InChI=1S/C9H9F2O/c1-9(10,11)7-12-8-5-3-2-4-6-8/h2-3,5-6H,7H2,1H3. The predicted octanol–water partition coefficient (Wildman–Crippen LogP) is 2.52. The van der Waals surface area contributed by atoms with E-state index >= 15 is 0 Å². The second-order valence-corrected chi connectivity index (χ2v) is 2.60. The van der Waals surface area contributed by atoms with Crippen molar-refractivity contribution in [3.8, 4) is 5.75 Å². The topological polar surface area (TPSA) is 9.23 Å². The van der Waals surface area contributed by atoms with Gasteiger partial charge in [-0.2, -0.15) is 0 Å². The number of ether oxygens (including phenoxy) is 1. The second-order valence-electron chi connectivity index (χ2n) is 2.60. The Morgan fingerprint density at radius 3 is 2.83 bits per heavy atom. The van der Waals surface area contributed by atoms with Crippen molar-refractivity contribution in [2.45, 2.75) is 12.8 Å². The molecule has 0 bridgehead atoms. The van der Waals surface area contributed by atoms with Gasteiger partial charge < -0.3 is 4.74 Å². The minimum Gasteiger partial charge on any atom is -0.487 e. The Bertz CT molecular complexity index is 228. The van der Waals surface area contributed by atoms with Crippen LogP contribution in [0.15, 0.2) is 24.3 Å². The SMILES string of the molecule is CC(F)(F)COc1c[c]ccc1. The summed E-state index contributed by atoms with van der Waals surface area (Å²) in [5.41, 5.74) is 0. The number of halogens is 2. The zero-order valence-corrected chi connectivity index (χ0v) is 6.68. The first-order valence-electron chi connectivity index (χ1n) is 3.55. The molecular weight excluding hydrogens is 162 g/mol. The van der Waals surface area contributed by atoms with Crippen molar-refractivity contribution >= 4 is 0 Å². The smallest absolute Gasteiger partial charge is 0.278 e. The number of rotatable bonds is 3. The van der Waals surface area contributed by atoms with E-state index in [-0.39, 0.29) is 0 Å². The molecule has 1 rings (SSSR count). The highest BCUT2D eigenvalue weighted by atomic mass is 19.3. The van der Waals surface area contributed by atoms with Gasteiger partial charge in [0.25, 0.3) is 5.92 Å². The minimum atomic E-state index is -2.78. The normalized spacial score (nSPS) is 11.2. The van der Waals surface area contributed by atoms with Crippen molar-refractivity contribution in [2.24, 2.45) is 0 Å². The van der Waals surface area contributed by atoms with Gasteiger partial charge in [0, 0.05) is 6.92 Å². The van der Waals surface area contributed by atoms with Gasteiger partial charge in [0.1, 0.15) is 5.75 Å². The fourth-order valence-corrected chi connectivity index (χ4v) is 0.677. The molecule has 1 nitrogen and oxygen atoms in total. The monoisotopic (exact) mass is 171 g/mol. The maximum atomic E-state index is 12.3. The molecule has 0 atom stereocenters. The number of hydrogen-bond acceptors (Lipinski definition) is 1. The molecule has 0 spiro atoms. The molecule has 0 fully saturated rings. The van der Waals surface area contributed by atoms with Crippen molar-refractivity contribution in [3.63, 3.8) is 0 Å². The lowest BCUT2D eigenvalue weighted by Gasteiger charge is -2.11. The summed E-state index contributed by atoms with van der Waals surface area (Å²) in [6, 6.07) is 9.22. The van der Waals surface area contributed by atoms with E-state index in [1.54, 1.807) is 18.2 Å². The van der Waals surface area contributed by atoms with Crippen LogP contribution in [0.2, 0.25) is 0 Å². The average Bonchev–Trinajstić information content (AvgIpc) is 2.02. The van der Waals surface area contributed by atoms with E-state index in [9.17, 15) is 8.78 Å². The van der Waals surface area contributed by atoms with Gasteiger partial charge in [0.2, 0.25) is 0 Å². The van der Waals surface area contributed by atoms with E-state index in [1.807, 2.05) is 0 Å². The molecule has 1 aromatic carbocycles. The van der Waals surface area contributed by atoms with Gasteiger partial charge in [-0.3, -0.25) is 0 Å². The Morgan fingerprint density at radius 1 is 1.58 bits per heavy atom. The number of alkyl halides is 2. The molecule has 0 aliphatic heterocycles. The van der Waals surface area contributed by atoms with Crippen LogP contribution in [0.5, 0.6) is 5.75 Å². The van der Waals surface area contributed by atoms with Crippen LogP contribution in [-0.2, 0) is 0 Å². The third-order valence-corrected chi connectivity index (χ3v) is 1.17. The van der Waals surface area contributed by atoms with Gasteiger partial charge in [0.15, 0.2) is 6.61 Å². The Hall–Kier alpha value is -1.12. The van der Waals surface area contributed by atoms with E-state index in [4.69, 9.17) is 4.74 Å². The Balaban J connectivity index is 2.44. The van der Waals surface area contributed by atoms with Crippen molar-refractivity contribution in [2.75, 3.05) is 6.61 Å². The molecule has 0 unspecified atom stereocenters. The summed E-state index contributed by atoms with van der Waals surface area (Å²) < 4.78 is 29.3. The maximum Gasteiger partial charge on any atom is 0.278 e. The summed E-state index contributed by atoms with van der Waals surface area (Å²) in [5, 5.41) is 0. The van der Waals surface area contributed by atoms with Crippen LogP contribution in [0, 0.1) is 6.07 Å². The zero-order valence-electron chi connectivity index (χ0n) is 6.68. The lowest BCUT2D eigenvalue weighted by Crippen LogP contribution is -2.20. The van der Waals surface area contributed by atoms with E-state index in [2.05, 4.69) is 6.07 Å². The van der Waals surface area contributed by atoms with Crippen LogP contribution >= 0.6 is 0 Å². The summed E-state index contributed by atoms with van der Waals surface area (Å²) in [6.45, 7) is 0.227. The third-order valence-electron chi connectivity index (χ3n) is 1.17. The van der Waals surface area contributed by atoms with E-state index in [1.165, 1.54) is 6.07 Å². The summed E-state index contributed by atoms with van der Waals surface area (Å²) >= 11 is 0. The van der Waals surface area contributed by atoms with Crippen molar-refractivity contribution in [3.05, 3.63) is 30.3 Å². The molecule has 0 N–H and O–H groups in total. The summed E-state index contributed by atoms with van der Waals surface area (Å²) in [6.07, 6.45) is 0. The van der Waals surface area contributed by atoms with Crippen molar-refractivity contribution < 1.29 is 13.5 Å². The Labute approximate surface area is 70.0 Å². The summed E-state index contributed by atoms with van der Waals surface area (Å²) in [7, 11) is 0. The van der Waals surface area contributed by atoms with Gasteiger partial charge in [-0.25, -0.2) is 8.78 Å². The van der Waals surface area contributed by atoms with E-state index < -0.39 is 12.5 Å². The fraction of sp³-hybridized carbons (Fsp3) is 0.333. The number of hydrogen-bond donors (Lipinski definition) is 0. The summed E-state index contributed by atoms with van der Waals surface area (Å²) in [4.78, 5) is 0. The molecule has 1 aromatic rings. The Kier molecular flexibility index (Phi) is 2.63. The first-order chi connectivity index (χ1) is 5.58. The molecule has 0 heterocycles. The van der Waals surface area contributed by atoms with E-state index in [0.717, 1.165) is 6.92 Å². The molecule has 12 heavy (non-hydrogen) atoms. The highest BCUT2D eigenvalue weighted by Gasteiger charge is 2.21. The van der Waals surface area contributed by atoms with Crippen LogP contribution in [0.25, 0.3) is 0 Å². The summed E-state index contributed by atoms with van der Waals surface area (Å²) in [5.74, 6) is -2.37. The predicted molar refractivity (Wildman–Crippen MR) is 41.4 cm³/mol. The van der Waals surface area contributed by atoms with Gasteiger partial charge in [0.05, 0.1) is 0 Å². The van der Waals surface area contributed by atoms with Gasteiger partial charge in [-0.15, -0.1) is 0 Å². The first kappa shape index (κ1) is 8.97. The van der Waals surface area contributed by atoms with E-state index in [0.29, 0.717) is 5.75 Å². The van der Waals surface area contributed by atoms with Crippen LogP contribution in [-0.4, -0.2) is 12.5 Å². The zero-order chi connectivity index (χ0) is 9.03. The van der Waals surface area contributed by atoms with Crippen molar-refractivity contribution in [1.82, 2.24) is 0 Å². The second kappa shape index (κ2) is 3.52. The highest BCUT2D eigenvalue weighted by molar-refractivity contribution is 5.20. The average molecular weight is 171 g/mol. The molecule has 0 saturated heterocycles. The molecule has 0 aromatic heterocycles. The van der Waals surface area contributed by atoms with Crippen LogP contribution in [0.4, 0.5) is 8.78 Å². The molecule has 1 radical (unpaired) electrons. The molecule has 0 saturated carbocycles. The third kappa shape index (κ3) is 3.32.